The number of rotatable bonds is 7. The molecule has 5 aromatic rings. The van der Waals surface area contributed by atoms with Crippen molar-refractivity contribution in [2.24, 2.45) is 0 Å². The zero-order valence-electron chi connectivity index (χ0n) is 24.6. The molecule has 0 bridgehead atoms. The lowest BCUT2D eigenvalue weighted by Crippen LogP contribution is -2.33. The van der Waals surface area contributed by atoms with Crippen LogP contribution in [0.2, 0.25) is 10.0 Å². The summed E-state index contributed by atoms with van der Waals surface area (Å²) in [6.45, 7) is 6.16. The van der Waals surface area contributed by atoms with Crippen molar-refractivity contribution in [3.05, 3.63) is 140 Å². The molecule has 220 valence electrons. The summed E-state index contributed by atoms with van der Waals surface area (Å²) < 4.78 is 3.63. The first kappa shape index (κ1) is 29.2. The fourth-order valence-electron chi connectivity index (χ4n) is 6.16. The Kier molecular flexibility index (Phi) is 8.30. The first-order chi connectivity index (χ1) is 21.5. The Bertz CT molecular complexity index is 1900. The molecular formula is C37H32Cl2N3S2+. The average molecular weight is 654 g/mol. The Morgan fingerprint density at radius 2 is 1.50 bits per heavy atom. The lowest BCUT2D eigenvalue weighted by molar-refractivity contribution is -0.665. The molecular weight excluding hydrogens is 621 g/mol. The zero-order chi connectivity index (χ0) is 30.2. The quantitative estimate of drug-likeness (QED) is 0.162. The van der Waals surface area contributed by atoms with Gasteiger partial charge >= 0.3 is 0 Å². The second-order valence-corrected chi connectivity index (χ2v) is 13.8. The van der Waals surface area contributed by atoms with Gasteiger partial charge in [-0.05, 0) is 98.5 Å². The standard InChI is InChI=1S/C37H32Cl2N3S2/c1-3-40-31-23-27(38)17-19-33(31)43-35(40)21-25-15-16-26(22-36-41(4-2)32-24-28(39)18-20-34(32)44-36)37(25)42(29-11-7-5-8-12-29)30-13-9-6-10-14-30/h5-14,17-24H,3-4,15-16H2,1-2H3/q+1. The van der Waals surface area contributed by atoms with E-state index in [1.54, 1.807) is 0 Å². The van der Waals surface area contributed by atoms with Crippen LogP contribution in [-0.2, 0) is 6.54 Å². The highest BCUT2D eigenvalue weighted by Crippen LogP contribution is 2.49. The molecule has 4 aromatic carbocycles. The summed E-state index contributed by atoms with van der Waals surface area (Å²) in [6.07, 6.45) is 6.74. The van der Waals surface area contributed by atoms with Gasteiger partial charge in [-0.3, -0.25) is 0 Å². The lowest BCUT2D eigenvalue weighted by atomic mass is 10.1. The number of aryl methyl sites for hydroxylation is 1. The average Bonchev–Trinajstić information content (AvgIpc) is 3.71. The molecule has 0 saturated carbocycles. The number of thioether (sulfide) groups is 1. The first-order valence-electron chi connectivity index (χ1n) is 15.0. The van der Waals surface area contributed by atoms with Gasteiger partial charge in [-0.15, -0.1) is 0 Å². The van der Waals surface area contributed by atoms with Gasteiger partial charge in [0, 0.05) is 45.0 Å². The molecule has 3 nitrogen and oxygen atoms in total. The largest absolute Gasteiger partial charge is 0.335 e. The van der Waals surface area contributed by atoms with Gasteiger partial charge in [0.2, 0.25) is 5.52 Å². The highest BCUT2D eigenvalue weighted by Gasteiger charge is 2.31. The third kappa shape index (κ3) is 5.48. The van der Waals surface area contributed by atoms with Gasteiger partial charge in [-0.1, -0.05) is 82.7 Å². The van der Waals surface area contributed by atoms with E-state index >= 15 is 0 Å². The predicted molar refractivity (Wildman–Crippen MR) is 190 cm³/mol. The SMILES string of the molecule is CCN1C(=CC2=C(N(c3ccccc3)c3ccccc3)C(=Cc3sc4ccc(Cl)cc4[n+]3CC)CC2)Sc2ccc(Cl)cc21. The molecule has 1 aliphatic carbocycles. The monoisotopic (exact) mass is 652 g/mol. The molecule has 0 radical (unpaired) electrons. The maximum absolute atomic E-state index is 6.44. The van der Waals surface area contributed by atoms with E-state index in [1.165, 1.54) is 47.7 Å². The lowest BCUT2D eigenvalue weighted by Gasteiger charge is -2.28. The van der Waals surface area contributed by atoms with Crippen molar-refractivity contribution in [2.75, 3.05) is 16.3 Å². The molecule has 0 amide bonds. The second-order valence-electron chi connectivity index (χ2n) is 10.8. The van der Waals surface area contributed by atoms with Crippen LogP contribution in [0, 0.1) is 0 Å². The van der Waals surface area contributed by atoms with Gasteiger partial charge in [-0.2, -0.15) is 4.57 Å². The van der Waals surface area contributed by atoms with Crippen molar-refractivity contribution in [1.82, 2.24) is 0 Å². The Morgan fingerprint density at radius 3 is 2.18 bits per heavy atom. The van der Waals surface area contributed by atoms with E-state index in [0.29, 0.717) is 0 Å². The maximum atomic E-state index is 6.44. The minimum absolute atomic E-state index is 0.767. The van der Waals surface area contributed by atoms with E-state index in [-0.39, 0.29) is 0 Å². The van der Waals surface area contributed by atoms with Gasteiger partial charge < -0.3 is 9.80 Å². The third-order valence-electron chi connectivity index (χ3n) is 8.14. The number of para-hydroxylation sites is 2. The zero-order valence-corrected chi connectivity index (χ0v) is 27.8. The molecule has 2 heterocycles. The number of hydrogen-bond acceptors (Lipinski definition) is 4. The van der Waals surface area contributed by atoms with Crippen LogP contribution in [0.5, 0.6) is 0 Å². The summed E-state index contributed by atoms with van der Waals surface area (Å²) in [4.78, 5) is 6.06. The Balaban J connectivity index is 1.44. The highest BCUT2D eigenvalue weighted by molar-refractivity contribution is 8.03. The number of benzene rings is 4. The summed E-state index contributed by atoms with van der Waals surface area (Å²) in [5.41, 5.74) is 8.56. The Morgan fingerprint density at radius 1 is 0.818 bits per heavy atom. The number of aromatic nitrogens is 1. The van der Waals surface area contributed by atoms with Crippen LogP contribution in [0.3, 0.4) is 0 Å². The summed E-state index contributed by atoms with van der Waals surface area (Å²) in [6, 6.07) is 33.9. The van der Waals surface area contributed by atoms with Gasteiger partial charge in [0.25, 0.3) is 5.01 Å². The van der Waals surface area contributed by atoms with Crippen LogP contribution in [0.1, 0.15) is 31.7 Å². The van der Waals surface area contributed by atoms with Gasteiger partial charge in [-0.25, -0.2) is 0 Å². The van der Waals surface area contributed by atoms with E-state index < -0.39 is 0 Å². The number of hydrogen-bond donors (Lipinski definition) is 0. The Hall–Kier alpha value is -3.48. The number of allylic oxidation sites excluding steroid dienone is 3. The predicted octanol–water partition coefficient (Wildman–Crippen LogP) is 11.3. The minimum Gasteiger partial charge on any atom is -0.335 e. The van der Waals surface area contributed by atoms with E-state index in [9.17, 15) is 0 Å². The van der Waals surface area contributed by atoms with Crippen LogP contribution < -0.4 is 14.4 Å². The van der Waals surface area contributed by atoms with E-state index in [2.05, 4.69) is 125 Å². The van der Waals surface area contributed by atoms with E-state index in [0.717, 1.165) is 47.4 Å². The number of thiazole rings is 1. The van der Waals surface area contributed by atoms with E-state index in [1.807, 2.05) is 35.2 Å². The maximum Gasteiger partial charge on any atom is 0.263 e. The van der Waals surface area contributed by atoms with Crippen LogP contribution in [0.15, 0.2) is 130 Å². The number of anilines is 3. The fourth-order valence-corrected chi connectivity index (χ4v) is 8.84. The van der Waals surface area contributed by atoms with Gasteiger partial charge in [0.1, 0.15) is 11.2 Å². The second kappa shape index (κ2) is 12.5. The smallest absolute Gasteiger partial charge is 0.263 e. The summed E-state index contributed by atoms with van der Waals surface area (Å²) in [7, 11) is 0. The van der Waals surface area contributed by atoms with Gasteiger partial charge in [0.15, 0.2) is 0 Å². The molecule has 0 unspecified atom stereocenters. The molecule has 0 fully saturated rings. The number of nitrogens with zero attached hydrogens (tertiary/aromatic N) is 3. The minimum atomic E-state index is 0.767. The molecule has 1 aliphatic heterocycles. The molecule has 0 saturated heterocycles. The van der Waals surface area contributed by atoms with E-state index in [4.69, 9.17) is 23.2 Å². The molecule has 7 heteroatoms. The molecule has 2 aliphatic rings. The van der Waals surface area contributed by atoms with Crippen molar-refractivity contribution in [3.8, 4) is 0 Å². The van der Waals surface area contributed by atoms with Crippen molar-refractivity contribution in [2.45, 2.75) is 38.1 Å². The van der Waals surface area contributed by atoms with Crippen LogP contribution in [0.4, 0.5) is 17.1 Å². The molecule has 7 rings (SSSR count). The van der Waals surface area contributed by atoms with Crippen molar-refractivity contribution >= 4 is 79.7 Å². The molecule has 44 heavy (non-hydrogen) atoms. The molecule has 0 spiro atoms. The number of fused-ring (bicyclic) bond motifs is 2. The van der Waals surface area contributed by atoms with Crippen LogP contribution in [0.25, 0.3) is 16.3 Å². The third-order valence-corrected chi connectivity index (χ3v) is 10.8. The summed E-state index contributed by atoms with van der Waals surface area (Å²) >= 11 is 16.5. The number of halogens is 2. The first-order valence-corrected chi connectivity index (χ1v) is 17.4. The molecule has 0 atom stereocenters. The van der Waals surface area contributed by atoms with Crippen molar-refractivity contribution in [3.63, 3.8) is 0 Å². The summed E-state index contributed by atoms with van der Waals surface area (Å²) in [5.74, 6) is 0. The van der Waals surface area contributed by atoms with Crippen molar-refractivity contribution < 1.29 is 4.57 Å². The Labute approximate surface area is 277 Å². The fraction of sp³-hybridized carbons (Fsp3) is 0.162. The van der Waals surface area contributed by atoms with Gasteiger partial charge in [0.05, 0.1) is 16.4 Å². The normalized spacial score (nSPS) is 16.5. The molecule has 1 aromatic heterocycles. The van der Waals surface area contributed by atoms with Crippen molar-refractivity contribution in [1.29, 1.82) is 0 Å². The van der Waals surface area contributed by atoms with Crippen LogP contribution in [-0.4, -0.2) is 6.54 Å². The topological polar surface area (TPSA) is 10.4 Å². The summed E-state index contributed by atoms with van der Waals surface area (Å²) in [5, 5.41) is 4.01. The highest BCUT2D eigenvalue weighted by atomic mass is 35.5. The molecule has 0 N–H and O–H groups in total. The van der Waals surface area contributed by atoms with Crippen LogP contribution >= 0.6 is 46.3 Å².